The Labute approximate surface area is 119 Å². The van der Waals surface area contributed by atoms with Gasteiger partial charge < -0.3 is 14.9 Å². The van der Waals surface area contributed by atoms with Crippen molar-refractivity contribution < 1.29 is 9.90 Å². The molecule has 2 unspecified atom stereocenters. The maximum Gasteiger partial charge on any atom is 0.293 e. The summed E-state index contributed by atoms with van der Waals surface area (Å²) in [6.45, 7) is 5.06. The molecule has 2 rings (SSSR count). The summed E-state index contributed by atoms with van der Waals surface area (Å²) in [5, 5.41) is 16.6. The first-order chi connectivity index (χ1) is 9.38. The van der Waals surface area contributed by atoms with Crippen molar-refractivity contribution in [3.63, 3.8) is 0 Å². The van der Waals surface area contributed by atoms with Crippen molar-refractivity contribution in [1.82, 2.24) is 25.0 Å². The Balaban J connectivity index is 2.13. The van der Waals surface area contributed by atoms with Crippen molar-refractivity contribution in [1.29, 1.82) is 0 Å². The lowest BCUT2D eigenvalue weighted by molar-refractivity contribution is 0.0687. The Bertz CT molecular complexity index is 471. The number of carbonyl (C=O) groups is 1. The van der Waals surface area contributed by atoms with Gasteiger partial charge in [0, 0.05) is 25.0 Å². The Morgan fingerprint density at radius 2 is 2.25 bits per heavy atom. The second-order valence-corrected chi connectivity index (χ2v) is 5.96. The van der Waals surface area contributed by atoms with Crippen molar-refractivity contribution in [2.45, 2.75) is 38.3 Å². The summed E-state index contributed by atoms with van der Waals surface area (Å²) in [6.07, 6.45) is 0.137. The van der Waals surface area contributed by atoms with Gasteiger partial charge in [0.15, 0.2) is 0 Å². The van der Waals surface area contributed by atoms with E-state index in [9.17, 15) is 9.90 Å². The highest BCUT2D eigenvalue weighted by Gasteiger charge is 2.36. The average Bonchev–Trinajstić information content (AvgIpc) is 2.94. The quantitative estimate of drug-likeness (QED) is 0.815. The third-order valence-corrected chi connectivity index (χ3v) is 3.47. The third-order valence-electron chi connectivity index (χ3n) is 3.47. The van der Waals surface area contributed by atoms with Crippen LogP contribution in [0.4, 0.5) is 0 Å². The molecular weight excluding hydrogens is 258 g/mol. The molecule has 2 atom stereocenters. The van der Waals surface area contributed by atoms with Gasteiger partial charge in [0.2, 0.25) is 5.82 Å². The van der Waals surface area contributed by atoms with E-state index < -0.39 is 6.10 Å². The Hall–Kier alpha value is -1.47. The second-order valence-electron chi connectivity index (χ2n) is 5.96. The number of likely N-dealkylation sites (tertiary alicyclic amines) is 1. The SMILES string of the molecule is CC(C)c1nc(C(=O)N2CC(O)CC2CN(C)C)n[nH]1. The zero-order chi connectivity index (χ0) is 14.9. The van der Waals surface area contributed by atoms with Crippen LogP contribution in [0.1, 0.15) is 42.6 Å². The predicted octanol–water partition coefficient (Wildman–Crippen LogP) is 0.0651. The molecule has 7 heteroatoms. The maximum atomic E-state index is 12.5. The van der Waals surface area contributed by atoms with Crippen LogP contribution in [0.15, 0.2) is 0 Å². The first-order valence-corrected chi connectivity index (χ1v) is 6.94. The highest BCUT2D eigenvalue weighted by Crippen LogP contribution is 2.20. The number of carbonyl (C=O) groups excluding carboxylic acids is 1. The summed E-state index contributed by atoms with van der Waals surface area (Å²) in [5.41, 5.74) is 0. The van der Waals surface area contributed by atoms with Gasteiger partial charge in [0.1, 0.15) is 5.82 Å². The normalized spacial score (nSPS) is 23.1. The molecule has 2 heterocycles. The van der Waals surface area contributed by atoms with Gasteiger partial charge >= 0.3 is 0 Å². The molecule has 20 heavy (non-hydrogen) atoms. The van der Waals surface area contributed by atoms with Gasteiger partial charge in [-0.15, -0.1) is 5.10 Å². The van der Waals surface area contributed by atoms with Crippen LogP contribution in [-0.2, 0) is 0 Å². The lowest BCUT2D eigenvalue weighted by Crippen LogP contribution is -2.41. The number of H-pyrrole nitrogens is 1. The molecule has 0 radical (unpaired) electrons. The average molecular weight is 281 g/mol. The molecule has 0 saturated carbocycles. The number of hydrogen-bond donors (Lipinski definition) is 2. The van der Waals surface area contributed by atoms with E-state index in [1.807, 2.05) is 32.8 Å². The largest absolute Gasteiger partial charge is 0.391 e. The lowest BCUT2D eigenvalue weighted by atomic mass is 10.2. The summed E-state index contributed by atoms with van der Waals surface area (Å²) >= 11 is 0. The zero-order valence-electron chi connectivity index (χ0n) is 12.5. The zero-order valence-corrected chi connectivity index (χ0v) is 12.5. The highest BCUT2D eigenvalue weighted by atomic mass is 16.3. The molecule has 1 aliphatic rings. The molecule has 1 aliphatic heterocycles. The van der Waals surface area contributed by atoms with Gasteiger partial charge in [-0.3, -0.25) is 9.89 Å². The highest BCUT2D eigenvalue weighted by molar-refractivity contribution is 5.91. The number of aliphatic hydroxyl groups excluding tert-OH is 1. The topological polar surface area (TPSA) is 85.3 Å². The smallest absolute Gasteiger partial charge is 0.293 e. The number of aromatic amines is 1. The van der Waals surface area contributed by atoms with Crippen LogP contribution >= 0.6 is 0 Å². The first kappa shape index (κ1) is 14.9. The van der Waals surface area contributed by atoms with Gasteiger partial charge in [-0.2, -0.15) is 0 Å². The predicted molar refractivity (Wildman–Crippen MR) is 74.5 cm³/mol. The van der Waals surface area contributed by atoms with Crippen LogP contribution in [0.25, 0.3) is 0 Å². The number of hydrogen-bond acceptors (Lipinski definition) is 5. The van der Waals surface area contributed by atoms with Crippen LogP contribution in [-0.4, -0.2) is 75.3 Å². The van der Waals surface area contributed by atoms with Crippen LogP contribution in [0.3, 0.4) is 0 Å². The molecule has 7 nitrogen and oxygen atoms in total. The van der Waals surface area contributed by atoms with E-state index in [4.69, 9.17) is 0 Å². The van der Waals surface area contributed by atoms with E-state index in [-0.39, 0.29) is 23.7 Å². The molecule has 2 N–H and O–H groups in total. The third kappa shape index (κ3) is 3.16. The van der Waals surface area contributed by atoms with Crippen molar-refractivity contribution >= 4 is 5.91 Å². The Kier molecular flexibility index (Phi) is 4.39. The number of nitrogens with one attached hydrogen (secondary N) is 1. The number of aromatic nitrogens is 3. The van der Waals surface area contributed by atoms with Crippen molar-refractivity contribution in [3.8, 4) is 0 Å². The van der Waals surface area contributed by atoms with Gasteiger partial charge in [0.05, 0.1) is 6.10 Å². The van der Waals surface area contributed by atoms with Gasteiger partial charge in [-0.1, -0.05) is 13.8 Å². The van der Waals surface area contributed by atoms with Crippen LogP contribution in [0.5, 0.6) is 0 Å². The minimum Gasteiger partial charge on any atom is -0.391 e. The number of aliphatic hydroxyl groups is 1. The van der Waals surface area contributed by atoms with E-state index in [0.29, 0.717) is 18.8 Å². The molecular formula is C13H23N5O2. The van der Waals surface area contributed by atoms with E-state index in [1.165, 1.54) is 0 Å². The molecule has 1 saturated heterocycles. The number of β-amino-alcohol motifs (C(OH)–C–C–N with tert-alkyl or cyclic N) is 1. The van der Waals surface area contributed by atoms with E-state index in [0.717, 1.165) is 6.54 Å². The van der Waals surface area contributed by atoms with Crippen LogP contribution in [0, 0.1) is 0 Å². The molecule has 1 aromatic rings. The first-order valence-electron chi connectivity index (χ1n) is 6.94. The van der Waals surface area contributed by atoms with Gasteiger partial charge in [-0.05, 0) is 20.5 Å². The Morgan fingerprint density at radius 1 is 1.55 bits per heavy atom. The number of rotatable bonds is 4. The van der Waals surface area contributed by atoms with Crippen LogP contribution < -0.4 is 0 Å². The fraction of sp³-hybridized carbons (Fsp3) is 0.769. The fourth-order valence-electron chi connectivity index (χ4n) is 2.49. The van der Waals surface area contributed by atoms with Crippen molar-refractivity contribution in [2.75, 3.05) is 27.2 Å². The summed E-state index contributed by atoms with van der Waals surface area (Å²) < 4.78 is 0. The van der Waals surface area contributed by atoms with Crippen LogP contribution in [0.2, 0.25) is 0 Å². The number of nitrogens with zero attached hydrogens (tertiary/aromatic N) is 4. The monoisotopic (exact) mass is 281 g/mol. The van der Waals surface area contributed by atoms with E-state index in [2.05, 4.69) is 15.2 Å². The maximum absolute atomic E-state index is 12.5. The lowest BCUT2D eigenvalue weighted by Gasteiger charge is -2.25. The minimum atomic E-state index is -0.465. The van der Waals surface area contributed by atoms with Crippen molar-refractivity contribution in [3.05, 3.63) is 11.6 Å². The summed E-state index contributed by atoms with van der Waals surface area (Å²) in [6, 6.07) is 0.00787. The standard InChI is InChI=1S/C13H23N5O2/c1-8(2)11-14-12(16-15-11)13(20)18-7-10(19)5-9(18)6-17(3)4/h8-10,19H,5-7H2,1-4H3,(H,14,15,16). The van der Waals surface area contributed by atoms with Crippen molar-refractivity contribution in [2.24, 2.45) is 0 Å². The van der Waals surface area contributed by atoms with E-state index in [1.54, 1.807) is 4.90 Å². The Morgan fingerprint density at radius 3 is 2.80 bits per heavy atom. The summed E-state index contributed by atoms with van der Waals surface area (Å²) in [4.78, 5) is 20.4. The molecule has 0 aliphatic carbocycles. The fourth-order valence-corrected chi connectivity index (χ4v) is 2.49. The molecule has 0 bridgehead atoms. The van der Waals surface area contributed by atoms with Gasteiger partial charge in [0.25, 0.3) is 5.91 Å². The number of likely N-dealkylation sites (N-methyl/N-ethyl adjacent to an activating group) is 1. The van der Waals surface area contributed by atoms with E-state index >= 15 is 0 Å². The molecule has 1 amide bonds. The molecule has 1 fully saturated rings. The molecule has 1 aromatic heterocycles. The molecule has 112 valence electrons. The number of amides is 1. The second kappa shape index (κ2) is 5.88. The van der Waals surface area contributed by atoms with Gasteiger partial charge in [-0.25, -0.2) is 4.98 Å². The summed E-state index contributed by atoms with van der Waals surface area (Å²) in [5.74, 6) is 0.881. The summed E-state index contributed by atoms with van der Waals surface area (Å²) in [7, 11) is 3.91. The molecule has 0 aromatic carbocycles. The minimum absolute atomic E-state index is 0.00787. The molecule has 0 spiro atoms.